The van der Waals surface area contributed by atoms with Crippen molar-refractivity contribution in [3.63, 3.8) is 0 Å². The molecule has 7 heteroatoms. The summed E-state index contributed by atoms with van der Waals surface area (Å²) in [6, 6.07) is 14.9. The van der Waals surface area contributed by atoms with Gasteiger partial charge in [-0.2, -0.15) is 0 Å². The van der Waals surface area contributed by atoms with Crippen molar-refractivity contribution in [2.24, 2.45) is 0 Å². The molecule has 0 aliphatic carbocycles. The molecule has 0 radical (unpaired) electrons. The van der Waals surface area contributed by atoms with Crippen LogP contribution in [0.2, 0.25) is 5.02 Å². The molecule has 0 spiro atoms. The summed E-state index contributed by atoms with van der Waals surface area (Å²) in [7, 11) is 3.81. The number of aryl methyl sites for hydroxylation is 2. The minimum absolute atomic E-state index is 0.169. The number of fused-ring (bicyclic) bond motifs is 1. The SMILES string of the molecule is CCC(=O)N(C)N1Cc2ccccc2C1.CCC=O.CNCCNC(C)C.Cc1ccc(Cl)cc1C. The van der Waals surface area contributed by atoms with E-state index in [1.54, 1.807) is 5.01 Å². The number of hydrogen-bond donors (Lipinski definition) is 2. The number of halogens is 1. The van der Waals surface area contributed by atoms with Crippen molar-refractivity contribution in [3.8, 4) is 0 Å². The maximum Gasteiger partial charge on any atom is 0.236 e. The van der Waals surface area contributed by atoms with Crippen LogP contribution in [0.25, 0.3) is 0 Å². The fourth-order valence-corrected chi connectivity index (χ4v) is 3.33. The van der Waals surface area contributed by atoms with E-state index >= 15 is 0 Å². The molecule has 0 fully saturated rings. The lowest BCUT2D eigenvalue weighted by Crippen LogP contribution is -2.39. The number of hydrazine groups is 1. The quantitative estimate of drug-likeness (QED) is 0.372. The molecule has 0 aromatic heterocycles. The van der Waals surface area contributed by atoms with Crippen LogP contribution in [0.4, 0.5) is 0 Å². The number of nitrogens with zero attached hydrogens (tertiary/aromatic N) is 2. The van der Waals surface area contributed by atoms with Gasteiger partial charge in [-0.3, -0.25) is 9.80 Å². The van der Waals surface area contributed by atoms with Crippen LogP contribution in [-0.4, -0.2) is 55.4 Å². The summed E-state index contributed by atoms with van der Waals surface area (Å²) in [5.74, 6) is 0.169. The summed E-state index contributed by atoms with van der Waals surface area (Å²) in [5.41, 5.74) is 5.20. The number of nitrogens with one attached hydrogen (secondary N) is 2. The predicted molar refractivity (Wildman–Crippen MR) is 153 cm³/mol. The topological polar surface area (TPSA) is 64.7 Å². The van der Waals surface area contributed by atoms with Crippen molar-refractivity contribution in [2.75, 3.05) is 27.2 Å². The molecule has 1 amide bonds. The molecule has 2 aromatic rings. The van der Waals surface area contributed by atoms with Crippen LogP contribution in [0.5, 0.6) is 0 Å². The van der Waals surface area contributed by atoms with Crippen LogP contribution >= 0.6 is 11.6 Å². The number of rotatable bonds is 7. The third kappa shape index (κ3) is 14.3. The number of benzene rings is 2. The lowest BCUT2D eigenvalue weighted by Gasteiger charge is -2.27. The third-order valence-electron chi connectivity index (χ3n) is 5.47. The van der Waals surface area contributed by atoms with Crippen LogP contribution < -0.4 is 10.6 Å². The minimum Gasteiger partial charge on any atom is -0.318 e. The molecule has 1 aliphatic heterocycles. The van der Waals surface area contributed by atoms with Crippen molar-refractivity contribution < 1.29 is 9.59 Å². The number of carbonyl (C=O) groups excluding carboxylic acids is 2. The molecule has 0 bridgehead atoms. The zero-order valence-corrected chi connectivity index (χ0v) is 24.3. The van der Waals surface area contributed by atoms with E-state index < -0.39 is 0 Å². The average Bonchev–Trinajstić information content (AvgIpc) is 3.31. The Labute approximate surface area is 224 Å². The second kappa shape index (κ2) is 19.9. The van der Waals surface area contributed by atoms with Gasteiger partial charge in [0.05, 0.1) is 0 Å². The highest BCUT2D eigenvalue weighted by Crippen LogP contribution is 2.23. The Bertz CT molecular complexity index is 864. The molecule has 0 saturated carbocycles. The lowest BCUT2D eigenvalue weighted by atomic mass is 10.1. The van der Waals surface area contributed by atoms with Crippen molar-refractivity contribution in [2.45, 2.75) is 73.5 Å². The van der Waals surface area contributed by atoms with E-state index in [1.807, 2.05) is 58.3 Å². The first kappa shape index (κ1) is 33.8. The van der Waals surface area contributed by atoms with Gasteiger partial charge in [0.1, 0.15) is 6.29 Å². The summed E-state index contributed by atoms with van der Waals surface area (Å²) in [6.07, 6.45) is 2.07. The second-order valence-electron chi connectivity index (χ2n) is 8.88. The number of aldehydes is 1. The van der Waals surface area contributed by atoms with Gasteiger partial charge in [-0.15, -0.1) is 0 Å². The fourth-order valence-electron chi connectivity index (χ4n) is 3.10. The molecule has 0 saturated heterocycles. The van der Waals surface area contributed by atoms with Crippen LogP contribution in [0.15, 0.2) is 42.5 Å². The van der Waals surface area contributed by atoms with Crippen LogP contribution in [-0.2, 0) is 22.7 Å². The zero-order chi connectivity index (χ0) is 27.5. The van der Waals surface area contributed by atoms with Crippen molar-refractivity contribution in [1.29, 1.82) is 0 Å². The molecular weight excluding hydrogens is 472 g/mol. The highest BCUT2D eigenvalue weighted by atomic mass is 35.5. The first-order valence-electron chi connectivity index (χ1n) is 12.7. The highest BCUT2D eigenvalue weighted by molar-refractivity contribution is 6.30. The van der Waals surface area contributed by atoms with Crippen molar-refractivity contribution in [3.05, 3.63) is 69.7 Å². The maximum atomic E-state index is 11.5. The molecule has 1 aliphatic rings. The summed E-state index contributed by atoms with van der Waals surface area (Å²) in [4.78, 5) is 20.7. The number of hydrogen-bond acceptors (Lipinski definition) is 5. The van der Waals surface area contributed by atoms with Crippen LogP contribution in [0.3, 0.4) is 0 Å². The van der Waals surface area contributed by atoms with E-state index in [4.69, 9.17) is 11.6 Å². The van der Waals surface area contributed by atoms with Gasteiger partial charge in [0.25, 0.3) is 0 Å². The van der Waals surface area contributed by atoms with E-state index in [2.05, 4.69) is 55.5 Å². The minimum atomic E-state index is 0.169. The number of carbonyl (C=O) groups is 2. The van der Waals surface area contributed by atoms with Crippen molar-refractivity contribution in [1.82, 2.24) is 20.7 Å². The third-order valence-corrected chi connectivity index (χ3v) is 5.71. The van der Waals surface area contributed by atoms with E-state index in [0.29, 0.717) is 18.9 Å². The fraction of sp³-hybridized carbons (Fsp3) is 0.517. The lowest BCUT2D eigenvalue weighted by molar-refractivity contribution is -0.146. The summed E-state index contributed by atoms with van der Waals surface area (Å²) >= 11 is 5.72. The average molecular weight is 519 g/mol. The smallest absolute Gasteiger partial charge is 0.236 e. The Morgan fingerprint density at radius 2 is 1.61 bits per heavy atom. The Kier molecular flexibility index (Phi) is 18.6. The normalized spacial score (nSPS) is 11.7. The van der Waals surface area contributed by atoms with Crippen LogP contribution in [0.1, 0.15) is 62.8 Å². The largest absolute Gasteiger partial charge is 0.318 e. The maximum absolute atomic E-state index is 11.5. The van der Waals surface area contributed by atoms with Gasteiger partial charge in [-0.1, -0.05) is 69.6 Å². The molecule has 202 valence electrons. The van der Waals surface area contributed by atoms with Gasteiger partial charge in [0.15, 0.2) is 0 Å². The monoisotopic (exact) mass is 518 g/mol. The second-order valence-corrected chi connectivity index (χ2v) is 9.31. The van der Waals surface area contributed by atoms with E-state index in [1.165, 1.54) is 22.3 Å². The summed E-state index contributed by atoms with van der Waals surface area (Å²) < 4.78 is 0. The number of likely N-dealkylation sites (N-methyl/N-ethyl adjacent to an activating group) is 1. The van der Waals surface area contributed by atoms with E-state index in [-0.39, 0.29) is 5.91 Å². The molecule has 2 aromatic carbocycles. The van der Waals surface area contributed by atoms with E-state index in [0.717, 1.165) is 37.5 Å². The molecule has 3 rings (SSSR count). The summed E-state index contributed by atoms with van der Waals surface area (Å²) in [5, 5.41) is 11.0. The van der Waals surface area contributed by atoms with Gasteiger partial charge in [-0.25, -0.2) is 5.01 Å². The standard InChI is InChI=1S/C12H16N2O.C8H9Cl.C6H16N2.C3H6O/c1-3-12(15)13(2)14-8-10-6-4-5-7-11(10)9-14;1-6-3-4-8(9)5-7(6)2;1-6(2)8-5-4-7-3;1-2-3-4/h4-7H,3,8-9H2,1-2H3;3-5H,1-2H3;6-8H,4-5H2,1-3H3;3H,2H2,1H3. The Morgan fingerprint density at radius 3 is 2.00 bits per heavy atom. The molecule has 2 N–H and O–H groups in total. The molecule has 0 unspecified atom stereocenters. The molecular formula is C29H47ClN4O2. The first-order chi connectivity index (χ1) is 17.1. The molecule has 6 nitrogen and oxygen atoms in total. The van der Waals surface area contributed by atoms with Gasteiger partial charge in [0, 0.05) is 57.1 Å². The van der Waals surface area contributed by atoms with Gasteiger partial charge >= 0.3 is 0 Å². The first-order valence-corrected chi connectivity index (χ1v) is 13.1. The molecule has 36 heavy (non-hydrogen) atoms. The number of amides is 1. The predicted octanol–water partition coefficient (Wildman–Crippen LogP) is 5.54. The Morgan fingerprint density at radius 1 is 1.06 bits per heavy atom. The highest BCUT2D eigenvalue weighted by Gasteiger charge is 2.23. The van der Waals surface area contributed by atoms with Crippen molar-refractivity contribution >= 4 is 23.8 Å². The van der Waals surface area contributed by atoms with Gasteiger partial charge in [-0.05, 0) is 55.3 Å². The van der Waals surface area contributed by atoms with Gasteiger partial charge < -0.3 is 15.4 Å². The molecule has 1 heterocycles. The Balaban J connectivity index is 0.000000504. The van der Waals surface area contributed by atoms with Gasteiger partial charge in [0.2, 0.25) is 5.91 Å². The molecule has 0 atom stereocenters. The summed E-state index contributed by atoms with van der Waals surface area (Å²) in [6.45, 7) is 15.9. The van der Waals surface area contributed by atoms with E-state index in [9.17, 15) is 9.59 Å². The zero-order valence-electron chi connectivity index (χ0n) is 23.5. The Hall–Kier alpha value is -2.25. The van der Waals surface area contributed by atoms with Crippen LogP contribution in [0, 0.1) is 13.8 Å².